The van der Waals surface area contributed by atoms with Gasteiger partial charge in [0.2, 0.25) is 0 Å². The van der Waals surface area contributed by atoms with E-state index in [1.54, 1.807) is 6.07 Å². The van der Waals surface area contributed by atoms with Crippen LogP contribution in [0.3, 0.4) is 0 Å². The second kappa shape index (κ2) is 4.51. The number of aromatic carboxylic acids is 1. The molecule has 0 saturated heterocycles. The second-order valence-corrected chi connectivity index (χ2v) is 3.73. The summed E-state index contributed by atoms with van der Waals surface area (Å²) in [5, 5.41) is 9.12. The minimum atomic E-state index is -1.17. The molecule has 1 aromatic carbocycles. The average molecular weight is 252 g/mol. The molecule has 0 spiro atoms. The van der Waals surface area contributed by atoms with Gasteiger partial charge in [0.15, 0.2) is 5.69 Å². The van der Waals surface area contributed by atoms with Crippen molar-refractivity contribution in [1.29, 1.82) is 0 Å². The molecule has 2 rings (SSSR count). The Morgan fingerprint density at radius 3 is 2.41 bits per heavy atom. The Balaban J connectivity index is 2.58. The third kappa shape index (κ3) is 2.42. The second-order valence-electron chi connectivity index (χ2n) is 3.34. The Bertz CT molecular complexity index is 569. The number of rotatable bonds is 2. The number of hydrogen-bond acceptors (Lipinski definition) is 2. The van der Waals surface area contributed by atoms with Crippen LogP contribution in [0.2, 0.25) is 5.15 Å². The topological polar surface area (TPSA) is 50.2 Å². The zero-order valence-corrected chi connectivity index (χ0v) is 9.28. The molecular weight excluding hydrogens is 245 g/mol. The average Bonchev–Trinajstić information content (AvgIpc) is 2.30. The molecule has 86 valence electrons. The van der Waals surface area contributed by atoms with Crippen LogP contribution in [0.1, 0.15) is 10.5 Å². The van der Waals surface area contributed by atoms with Crippen molar-refractivity contribution in [3.63, 3.8) is 0 Å². The molecule has 1 heterocycles. The van der Waals surface area contributed by atoms with Gasteiger partial charge in [0.1, 0.15) is 11.0 Å². The monoisotopic (exact) mass is 251 g/mol. The van der Waals surface area contributed by atoms with E-state index >= 15 is 0 Å². The normalized spacial score (nSPS) is 10.2. The molecule has 0 aliphatic carbocycles. The Morgan fingerprint density at radius 2 is 1.82 bits per heavy atom. The molecule has 0 atom stereocenters. The summed E-state index contributed by atoms with van der Waals surface area (Å²) in [6.45, 7) is 0. The van der Waals surface area contributed by atoms with Gasteiger partial charge in [-0.1, -0.05) is 23.7 Å². The van der Waals surface area contributed by atoms with Gasteiger partial charge in [-0.25, -0.2) is 14.2 Å². The summed E-state index contributed by atoms with van der Waals surface area (Å²) in [4.78, 5) is 14.8. The van der Waals surface area contributed by atoms with Gasteiger partial charge in [0.25, 0.3) is 0 Å². The van der Waals surface area contributed by atoms with Crippen molar-refractivity contribution in [2.45, 2.75) is 0 Å². The Morgan fingerprint density at radius 1 is 1.18 bits per heavy atom. The van der Waals surface area contributed by atoms with Crippen LogP contribution < -0.4 is 0 Å². The first-order valence-electron chi connectivity index (χ1n) is 4.73. The van der Waals surface area contributed by atoms with E-state index in [4.69, 9.17) is 16.7 Å². The summed E-state index contributed by atoms with van der Waals surface area (Å²) >= 11 is 5.64. The molecule has 17 heavy (non-hydrogen) atoms. The van der Waals surface area contributed by atoms with E-state index in [1.165, 1.54) is 30.3 Å². The Hall–Kier alpha value is -1.94. The maximum absolute atomic E-state index is 12.8. The van der Waals surface area contributed by atoms with Crippen molar-refractivity contribution in [2.75, 3.05) is 0 Å². The predicted molar refractivity (Wildman–Crippen MR) is 61.6 cm³/mol. The maximum Gasteiger partial charge on any atom is 0.355 e. The number of halogens is 2. The van der Waals surface area contributed by atoms with Crippen LogP contribution in [0.4, 0.5) is 4.39 Å². The fourth-order valence-corrected chi connectivity index (χ4v) is 1.61. The van der Waals surface area contributed by atoms with Crippen molar-refractivity contribution in [3.8, 4) is 11.1 Å². The SMILES string of the molecule is O=C(O)c1nc(Cl)ccc1-c1ccc(F)cc1. The van der Waals surface area contributed by atoms with Crippen molar-refractivity contribution >= 4 is 17.6 Å². The van der Waals surface area contributed by atoms with Crippen LogP contribution in [0.25, 0.3) is 11.1 Å². The zero-order chi connectivity index (χ0) is 12.4. The van der Waals surface area contributed by atoms with Gasteiger partial charge in [-0.15, -0.1) is 0 Å². The molecule has 1 aromatic heterocycles. The van der Waals surface area contributed by atoms with Gasteiger partial charge in [-0.2, -0.15) is 0 Å². The number of carbonyl (C=O) groups is 1. The third-order valence-corrected chi connectivity index (χ3v) is 2.43. The number of benzene rings is 1. The van der Waals surface area contributed by atoms with Crippen LogP contribution in [0.15, 0.2) is 36.4 Å². The first kappa shape index (κ1) is 11.5. The van der Waals surface area contributed by atoms with Gasteiger partial charge < -0.3 is 5.11 Å². The molecule has 0 amide bonds. The number of nitrogens with zero attached hydrogens (tertiary/aromatic N) is 1. The third-order valence-electron chi connectivity index (χ3n) is 2.22. The highest BCUT2D eigenvalue weighted by atomic mass is 35.5. The molecule has 0 aliphatic heterocycles. The lowest BCUT2D eigenvalue weighted by atomic mass is 10.0. The van der Waals surface area contributed by atoms with Gasteiger partial charge in [-0.05, 0) is 29.8 Å². The summed E-state index contributed by atoms with van der Waals surface area (Å²) in [5.74, 6) is -1.56. The van der Waals surface area contributed by atoms with E-state index in [0.29, 0.717) is 11.1 Å². The van der Waals surface area contributed by atoms with E-state index < -0.39 is 5.97 Å². The molecule has 0 unspecified atom stereocenters. The number of hydrogen-bond donors (Lipinski definition) is 1. The van der Waals surface area contributed by atoms with Crippen molar-refractivity contribution in [3.05, 3.63) is 53.1 Å². The van der Waals surface area contributed by atoms with Crippen LogP contribution in [0.5, 0.6) is 0 Å². The van der Waals surface area contributed by atoms with Crippen LogP contribution in [-0.4, -0.2) is 16.1 Å². The van der Waals surface area contributed by atoms with E-state index in [9.17, 15) is 9.18 Å². The molecule has 0 bridgehead atoms. The molecule has 5 heteroatoms. The molecule has 0 saturated carbocycles. The lowest BCUT2D eigenvalue weighted by Gasteiger charge is -2.05. The highest BCUT2D eigenvalue weighted by Gasteiger charge is 2.14. The van der Waals surface area contributed by atoms with Gasteiger partial charge in [0.05, 0.1) is 0 Å². The summed E-state index contributed by atoms with van der Waals surface area (Å²) in [5.41, 5.74) is 0.832. The fraction of sp³-hybridized carbons (Fsp3) is 0. The fourth-order valence-electron chi connectivity index (χ4n) is 1.46. The number of aromatic nitrogens is 1. The number of pyridine rings is 1. The quantitative estimate of drug-likeness (QED) is 0.834. The highest BCUT2D eigenvalue weighted by molar-refractivity contribution is 6.29. The van der Waals surface area contributed by atoms with E-state index in [-0.39, 0.29) is 16.7 Å². The molecule has 0 aliphatic rings. The number of carboxylic acid groups (broad SMARTS) is 1. The first-order valence-corrected chi connectivity index (χ1v) is 5.11. The molecule has 2 aromatic rings. The largest absolute Gasteiger partial charge is 0.476 e. The lowest BCUT2D eigenvalue weighted by Crippen LogP contribution is -2.03. The minimum Gasteiger partial charge on any atom is -0.476 e. The van der Waals surface area contributed by atoms with E-state index in [2.05, 4.69) is 4.98 Å². The highest BCUT2D eigenvalue weighted by Crippen LogP contribution is 2.24. The molecule has 3 nitrogen and oxygen atoms in total. The van der Waals surface area contributed by atoms with Gasteiger partial charge in [-0.3, -0.25) is 0 Å². The zero-order valence-electron chi connectivity index (χ0n) is 8.52. The molecular formula is C12H7ClFNO2. The van der Waals surface area contributed by atoms with Crippen LogP contribution in [-0.2, 0) is 0 Å². The molecule has 0 fully saturated rings. The summed E-state index contributed by atoms with van der Waals surface area (Å²) in [6.07, 6.45) is 0. The lowest BCUT2D eigenvalue weighted by molar-refractivity contribution is 0.0691. The molecule has 1 N–H and O–H groups in total. The van der Waals surface area contributed by atoms with E-state index in [0.717, 1.165) is 0 Å². The van der Waals surface area contributed by atoms with Crippen LogP contribution in [0, 0.1) is 5.82 Å². The van der Waals surface area contributed by atoms with Crippen molar-refractivity contribution in [1.82, 2.24) is 4.98 Å². The summed E-state index contributed by atoms with van der Waals surface area (Å²) in [7, 11) is 0. The van der Waals surface area contributed by atoms with Crippen LogP contribution >= 0.6 is 11.6 Å². The standard InChI is InChI=1S/C12H7ClFNO2/c13-10-6-5-9(11(15-10)12(16)17)7-1-3-8(14)4-2-7/h1-6H,(H,16,17). The Kier molecular flexibility index (Phi) is 3.06. The minimum absolute atomic E-state index is 0.105. The van der Waals surface area contributed by atoms with Gasteiger partial charge >= 0.3 is 5.97 Å². The summed E-state index contributed by atoms with van der Waals surface area (Å²) in [6, 6.07) is 8.54. The van der Waals surface area contributed by atoms with Gasteiger partial charge in [0, 0.05) is 5.56 Å². The first-order chi connectivity index (χ1) is 8.08. The Labute approximate surface area is 101 Å². The number of carboxylic acids is 1. The molecule has 0 radical (unpaired) electrons. The van der Waals surface area contributed by atoms with Crippen molar-refractivity contribution < 1.29 is 14.3 Å². The maximum atomic E-state index is 12.8. The summed E-state index contributed by atoms with van der Waals surface area (Å²) < 4.78 is 12.8. The smallest absolute Gasteiger partial charge is 0.355 e. The van der Waals surface area contributed by atoms with E-state index in [1.807, 2.05) is 0 Å². The van der Waals surface area contributed by atoms with Crippen molar-refractivity contribution in [2.24, 2.45) is 0 Å². The predicted octanol–water partition coefficient (Wildman–Crippen LogP) is 3.24.